The molecule has 0 amide bonds. The molecule has 4 nitrogen and oxygen atoms in total. The molecule has 1 rings (SSSR count). The Morgan fingerprint density at radius 3 is 2.21 bits per heavy atom. The summed E-state index contributed by atoms with van der Waals surface area (Å²) in [5, 5.41) is 29.7. The van der Waals surface area contributed by atoms with Crippen LogP contribution in [0.5, 0.6) is 0 Å². The first-order chi connectivity index (χ1) is 9.13. The lowest BCUT2D eigenvalue weighted by Crippen LogP contribution is -2.21. The third-order valence-electron chi connectivity index (χ3n) is 2.48. The largest absolute Gasteiger partial charge is 0.349 e. The molecule has 0 saturated carbocycles. The maximum atomic E-state index is 9.15. The van der Waals surface area contributed by atoms with E-state index in [1.165, 1.54) is 0 Å². The zero-order valence-electron chi connectivity index (χ0n) is 10.2. The van der Waals surface area contributed by atoms with E-state index in [-0.39, 0.29) is 10.6 Å². The molecule has 0 radical (unpaired) electrons. The lowest BCUT2D eigenvalue weighted by Gasteiger charge is -2.13. The highest BCUT2D eigenvalue weighted by atomic mass is 32.1. The molecule has 0 heterocycles. The van der Waals surface area contributed by atoms with Gasteiger partial charge in [-0.05, 0) is 24.6 Å². The lowest BCUT2D eigenvalue weighted by molar-refractivity contribution is 1.04. The molecule has 19 heavy (non-hydrogen) atoms. The summed E-state index contributed by atoms with van der Waals surface area (Å²) in [6.45, 7) is 1.56. The minimum atomic E-state index is -0.787. The molecular formula is C14H10N4S. The Hall–Kier alpha value is -2.68. The number of nitrogens with one attached hydrogen (secondary N) is 1. The highest BCUT2D eigenvalue weighted by molar-refractivity contribution is 7.80. The van der Waals surface area contributed by atoms with Crippen LogP contribution >= 0.6 is 12.2 Å². The maximum absolute atomic E-state index is 9.15. The molecule has 0 saturated heterocycles. The first-order valence-electron chi connectivity index (χ1n) is 5.40. The molecule has 92 valence electrons. The number of nitriles is 3. The molecule has 0 fully saturated rings. The third kappa shape index (κ3) is 3.64. The fraction of sp³-hybridized carbons (Fsp3) is 0.143. The number of para-hydroxylation sites is 1. The first kappa shape index (κ1) is 14.4. The van der Waals surface area contributed by atoms with E-state index in [2.05, 4.69) is 5.32 Å². The van der Waals surface area contributed by atoms with Gasteiger partial charge in [-0.15, -0.1) is 0 Å². The molecular weight excluding hydrogens is 256 g/mol. The Labute approximate surface area is 117 Å². The molecule has 0 aliphatic rings. The number of hydrogen-bond donors (Lipinski definition) is 1. The maximum Gasteiger partial charge on any atom is 0.130 e. The lowest BCUT2D eigenvalue weighted by atomic mass is 9.97. The number of benzene rings is 1. The highest BCUT2D eigenvalue weighted by Crippen LogP contribution is 2.18. The predicted molar refractivity (Wildman–Crippen MR) is 75.7 cm³/mol. The quantitative estimate of drug-likeness (QED) is 0.671. The SMILES string of the molecule is CC(=C(C#N)C#N)C(C#N)C(=S)Nc1ccccc1. The van der Waals surface area contributed by atoms with Gasteiger partial charge in [-0.1, -0.05) is 30.4 Å². The van der Waals surface area contributed by atoms with Gasteiger partial charge >= 0.3 is 0 Å². The van der Waals surface area contributed by atoms with E-state index in [1.54, 1.807) is 19.1 Å². The summed E-state index contributed by atoms with van der Waals surface area (Å²) in [4.78, 5) is 0.272. The van der Waals surface area contributed by atoms with E-state index >= 15 is 0 Å². The molecule has 0 aromatic heterocycles. The van der Waals surface area contributed by atoms with Crippen LogP contribution in [0.4, 0.5) is 5.69 Å². The number of thiocarbonyl (C=S) groups is 1. The van der Waals surface area contributed by atoms with Crippen LogP contribution in [0.25, 0.3) is 0 Å². The van der Waals surface area contributed by atoms with Crippen molar-refractivity contribution in [2.45, 2.75) is 6.92 Å². The first-order valence-corrected chi connectivity index (χ1v) is 5.81. The van der Waals surface area contributed by atoms with Gasteiger partial charge < -0.3 is 5.32 Å². The monoisotopic (exact) mass is 266 g/mol. The van der Waals surface area contributed by atoms with Crippen LogP contribution < -0.4 is 5.32 Å². The Kier molecular flexibility index (Phi) is 5.23. The van der Waals surface area contributed by atoms with Crippen molar-refractivity contribution in [2.75, 3.05) is 5.32 Å². The minimum Gasteiger partial charge on any atom is -0.349 e. The average molecular weight is 266 g/mol. The predicted octanol–water partition coefficient (Wildman–Crippen LogP) is 2.93. The van der Waals surface area contributed by atoms with Gasteiger partial charge in [0.15, 0.2) is 0 Å². The summed E-state index contributed by atoms with van der Waals surface area (Å²) >= 11 is 5.16. The standard InChI is InChI=1S/C14H10N4S/c1-10(11(7-15)8-16)13(9-17)14(19)18-12-5-3-2-4-6-12/h2-6,13H,1H3,(H,18,19). The molecule has 0 bridgehead atoms. The van der Waals surface area contributed by atoms with Crippen LogP contribution in [0.3, 0.4) is 0 Å². The summed E-state index contributed by atoms with van der Waals surface area (Å²) in [5.41, 5.74) is 1.04. The van der Waals surface area contributed by atoms with Crippen molar-refractivity contribution < 1.29 is 0 Å². The normalized spacial score (nSPS) is 10.2. The van der Waals surface area contributed by atoms with E-state index in [9.17, 15) is 0 Å². The molecule has 1 N–H and O–H groups in total. The second-order valence-corrected chi connectivity index (χ2v) is 4.14. The minimum absolute atomic E-state index is 0.0799. The van der Waals surface area contributed by atoms with Crippen LogP contribution in [0, 0.1) is 39.9 Å². The molecule has 5 heteroatoms. The van der Waals surface area contributed by atoms with Crippen molar-refractivity contribution >= 4 is 22.9 Å². The number of allylic oxidation sites excluding steroid dienone is 1. The summed E-state index contributed by atoms with van der Waals surface area (Å²) < 4.78 is 0. The molecule has 0 aliphatic heterocycles. The fourth-order valence-corrected chi connectivity index (χ4v) is 1.78. The molecule has 1 aromatic carbocycles. The summed E-state index contributed by atoms with van der Waals surface area (Å²) in [6.07, 6.45) is 0. The van der Waals surface area contributed by atoms with E-state index in [1.807, 2.05) is 36.4 Å². The van der Waals surface area contributed by atoms with Gasteiger partial charge in [0.2, 0.25) is 0 Å². The van der Waals surface area contributed by atoms with Gasteiger partial charge in [0.25, 0.3) is 0 Å². The number of hydrogen-bond acceptors (Lipinski definition) is 4. The number of nitrogens with zero attached hydrogens (tertiary/aromatic N) is 3. The summed E-state index contributed by atoms with van der Waals surface area (Å²) in [5.74, 6) is -0.787. The second kappa shape index (κ2) is 6.91. The van der Waals surface area contributed by atoms with Crippen molar-refractivity contribution in [1.29, 1.82) is 15.8 Å². The summed E-state index contributed by atoms with van der Waals surface area (Å²) in [6, 6.07) is 14.7. The van der Waals surface area contributed by atoms with Gasteiger partial charge in [0.1, 0.15) is 28.6 Å². The summed E-state index contributed by atoms with van der Waals surface area (Å²) in [7, 11) is 0. The van der Waals surface area contributed by atoms with E-state index in [0.29, 0.717) is 5.57 Å². The molecule has 0 spiro atoms. The van der Waals surface area contributed by atoms with Crippen LogP contribution in [-0.4, -0.2) is 4.99 Å². The van der Waals surface area contributed by atoms with Crippen LogP contribution in [0.1, 0.15) is 6.92 Å². The van der Waals surface area contributed by atoms with Crippen molar-refractivity contribution in [1.82, 2.24) is 0 Å². The topological polar surface area (TPSA) is 83.4 Å². The van der Waals surface area contributed by atoms with Crippen LogP contribution in [0.15, 0.2) is 41.5 Å². The van der Waals surface area contributed by atoms with Crippen LogP contribution in [-0.2, 0) is 0 Å². The highest BCUT2D eigenvalue weighted by Gasteiger charge is 2.19. The van der Waals surface area contributed by atoms with E-state index in [4.69, 9.17) is 28.0 Å². The van der Waals surface area contributed by atoms with Crippen molar-refractivity contribution in [3.05, 3.63) is 41.5 Å². The molecule has 1 atom stereocenters. The molecule has 1 aromatic rings. The zero-order valence-corrected chi connectivity index (χ0v) is 11.0. The van der Waals surface area contributed by atoms with Crippen LogP contribution in [0.2, 0.25) is 0 Å². The zero-order chi connectivity index (χ0) is 14.3. The molecule has 1 unspecified atom stereocenters. The molecule has 0 aliphatic carbocycles. The van der Waals surface area contributed by atoms with Gasteiger partial charge in [0.05, 0.1) is 6.07 Å². The van der Waals surface area contributed by atoms with E-state index in [0.717, 1.165) is 5.69 Å². The number of anilines is 1. The Bertz CT molecular complexity index is 610. The van der Waals surface area contributed by atoms with Gasteiger partial charge in [-0.2, -0.15) is 15.8 Å². The van der Waals surface area contributed by atoms with Crippen molar-refractivity contribution in [2.24, 2.45) is 5.92 Å². The third-order valence-corrected chi connectivity index (χ3v) is 2.82. The van der Waals surface area contributed by atoms with Crippen molar-refractivity contribution in [3.8, 4) is 18.2 Å². The van der Waals surface area contributed by atoms with Gasteiger partial charge in [0, 0.05) is 5.69 Å². The Morgan fingerprint density at radius 1 is 1.16 bits per heavy atom. The average Bonchev–Trinajstić information content (AvgIpc) is 2.42. The van der Waals surface area contributed by atoms with Crippen molar-refractivity contribution in [3.63, 3.8) is 0 Å². The second-order valence-electron chi connectivity index (χ2n) is 3.70. The van der Waals surface area contributed by atoms with E-state index < -0.39 is 5.92 Å². The number of rotatable bonds is 3. The Balaban J connectivity index is 2.98. The van der Waals surface area contributed by atoms with Gasteiger partial charge in [-0.25, -0.2) is 0 Å². The smallest absolute Gasteiger partial charge is 0.130 e. The fourth-order valence-electron chi connectivity index (χ4n) is 1.43. The van der Waals surface area contributed by atoms with Gasteiger partial charge in [-0.3, -0.25) is 0 Å². The Morgan fingerprint density at radius 2 is 1.74 bits per heavy atom.